The van der Waals surface area contributed by atoms with Crippen LogP contribution in [0.25, 0.3) is 0 Å². The number of hydrogen-bond acceptors (Lipinski definition) is 3. The molecule has 0 unspecified atom stereocenters. The Labute approximate surface area is 151 Å². The largest absolute Gasteiger partial charge is 0.342 e. The monoisotopic (exact) mass is 362 g/mol. The maximum atomic E-state index is 13.2. The van der Waals surface area contributed by atoms with Gasteiger partial charge in [-0.1, -0.05) is 19.9 Å². The van der Waals surface area contributed by atoms with Crippen molar-refractivity contribution < 1.29 is 18.8 Å². The van der Waals surface area contributed by atoms with Gasteiger partial charge in [0.15, 0.2) is 0 Å². The molecule has 2 saturated heterocycles. The summed E-state index contributed by atoms with van der Waals surface area (Å²) in [5.74, 6) is -0.433. The van der Waals surface area contributed by atoms with Crippen LogP contribution in [0.5, 0.6) is 0 Å². The van der Waals surface area contributed by atoms with Crippen molar-refractivity contribution in [3.63, 3.8) is 0 Å². The van der Waals surface area contributed by atoms with Crippen LogP contribution in [-0.2, 0) is 9.59 Å². The van der Waals surface area contributed by atoms with Gasteiger partial charge in [-0.3, -0.25) is 9.59 Å². The van der Waals surface area contributed by atoms with Crippen molar-refractivity contribution in [2.45, 2.75) is 44.8 Å². The van der Waals surface area contributed by atoms with Crippen molar-refractivity contribution >= 4 is 23.5 Å². The van der Waals surface area contributed by atoms with Gasteiger partial charge in [-0.2, -0.15) is 0 Å². The highest BCUT2D eigenvalue weighted by Gasteiger charge is 2.46. The molecule has 2 fully saturated rings. The molecule has 26 heavy (non-hydrogen) atoms. The Morgan fingerprint density at radius 2 is 2.15 bits per heavy atom. The van der Waals surface area contributed by atoms with E-state index in [-0.39, 0.29) is 23.8 Å². The molecule has 1 aromatic carbocycles. The number of piperazine rings is 1. The van der Waals surface area contributed by atoms with E-state index < -0.39 is 23.9 Å². The summed E-state index contributed by atoms with van der Waals surface area (Å²) < 4.78 is 13.2. The minimum Gasteiger partial charge on any atom is -0.342 e. The molecule has 2 heterocycles. The lowest BCUT2D eigenvalue weighted by molar-refractivity contribution is -0.147. The fourth-order valence-electron chi connectivity index (χ4n) is 3.51. The van der Waals surface area contributed by atoms with Gasteiger partial charge in [-0.25, -0.2) is 9.18 Å². The summed E-state index contributed by atoms with van der Waals surface area (Å²) in [6.45, 7) is 4.29. The third kappa shape index (κ3) is 3.95. The third-order valence-corrected chi connectivity index (χ3v) is 4.63. The second-order valence-electron chi connectivity index (χ2n) is 7.24. The van der Waals surface area contributed by atoms with Gasteiger partial charge in [0.25, 0.3) is 0 Å². The molecule has 8 heteroatoms. The molecule has 0 bridgehead atoms. The van der Waals surface area contributed by atoms with Crippen LogP contribution in [0.4, 0.5) is 14.9 Å². The third-order valence-electron chi connectivity index (χ3n) is 4.63. The normalized spacial score (nSPS) is 25.1. The van der Waals surface area contributed by atoms with Crippen molar-refractivity contribution in [2.24, 2.45) is 5.92 Å². The van der Waals surface area contributed by atoms with Crippen LogP contribution in [-0.4, -0.2) is 47.4 Å². The molecule has 0 radical (unpaired) electrons. The fourth-order valence-corrected chi connectivity index (χ4v) is 3.51. The lowest BCUT2D eigenvalue weighted by Crippen LogP contribution is -2.61. The average Bonchev–Trinajstić information content (AvgIpc) is 2.96. The summed E-state index contributed by atoms with van der Waals surface area (Å²) in [6.07, 6.45) is 0.953. The van der Waals surface area contributed by atoms with E-state index in [9.17, 15) is 18.8 Å². The predicted molar refractivity (Wildman–Crippen MR) is 93.8 cm³/mol. The number of benzene rings is 1. The molecular formula is C18H23FN4O3. The van der Waals surface area contributed by atoms with Gasteiger partial charge in [-0.15, -0.1) is 0 Å². The van der Waals surface area contributed by atoms with E-state index in [1.54, 1.807) is 11.0 Å². The Kier molecular flexibility index (Phi) is 5.11. The molecule has 0 spiro atoms. The number of fused-ring (bicyclic) bond motifs is 1. The van der Waals surface area contributed by atoms with Crippen LogP contribution in [0.1, 0.15) is 26.7 Å². The number of urea groups is 1. The zero-order valence-electron chi connectivity index (χ0n) is 14.8. The molecule has 1 aromatic rings. The minimum atomic E-state index is -0.551. The Morgan fingerprint density at radius 1 is 1.38 bits per heavy atom. The second-order valence-corrected chi connectivity index (χ2v) is 7.24. The van der Waals surface area contributed by atoms with E-state index >= 15 is 0 Å². The number of nitrogens with one attached hydrogen (secondary N) is 3. The number of carbonyl (C=O) groups is 3. The van der Waals surface area contributed by atoms with Crippen LogP contribution < -0.4 is 16.0 Å². The fraction of sp³-hybridized carbons (Fsp3) is 0.500. The van der Waals surface area contributed by atoms with Crippen LogP contribution in [0.15, 0.2) is 24.3 Å². The zero-order valence-corrected chi connectivity index (χ0v) is 14.8. The minimum absolute atomic E-state index is 0.0989. The van der Waals surface area contributed by atoms with Crippen molar-refractivity contribution in [3.8, 4) is 0 Å². The number of rotatable bonds is 4. The lowest BCUT2D eigenvalue weighted by atomic mass is 9.99. The molecule has 0 saturated carbocycles. The van der Waals surface area contributed by atoms with Gasteiger partial charge in [0.05, 0.1) is 6.04 Å². The number of amides is 4. The first-order valence-corrected chi connectivity index (χ1v) is 8.77. The Morgan fingerprint density at radius 3 is 2.85 bits per heavy atom. The number of anilines is 1. The highest BCUT2D eigenvalue weighted by molar-refractivity contribution is 5.98. The smallest absolute Gasteiger partial charge is 0.319 e. The summed E-state index contributed by atoms with van der Waals surface area (Å²) in [7, 11) is 0. The Hall–Kier alpha value is -2.64. The van der Waals surface area contributed by atoms with Crippen molar-refractivity contribution in [1.29, 1.82) is 0 Å². The van der Waals surface area contributed by atoms with Gasteiger partial charge in [0, 0.05) is 12.2 Å². The molecule has 2 aliphatic rings. The molecule has 3 atom stereocenters. The maximum Gasteiger partial charge on any atom is 0.319 e. The molecule has 0 aromatic heterocycles. The quantitative estimate of drug-likeness (QED) is 0.757. The SMILES string of the molecule is CC(C)C[C@H]1NC(=O)[C@@H]2C[C@H](NC(=O)Nc3cccc(F)c3)CN2C1=O. The second kappa shape index (κ2) is 7.31. The van der Waals surface area contributed by atoms with Gasteiger partial charge in [0.1, 0.15) is 17.9 Å². The Bertz CT molecular complexity index is 724. The number of halogens is 1. The van der Waals surface area contributed by atoms with Crippen molar-refractivity contribution in [2.75, 3.05) is 11.9 Å². The summed E-state index contributed by atoms with van der Waals surface area (Å²) in [5.41, 5.74) is 0.337. The molecule has 4 amide bonds. The van der Waals surface area contributed by atoms with E-state index in [1.807, 2.05) is 13.8 Å². The maximum absolute atomic E-state index is 13.2. The molecule has 3 rings (SSSR count). The first kappa shape index (κ1) is 18.2. The van der Waals surface area contributed by atoms with E-state index in [4.69, 9.17) is 0 Å². The molecule has 0 aliphatic carbocycles. The topological polar surface area (TPSA) is 90.5 Å². The highest BCUT2D eigenvalue weighted by atomic mass is 19.1. The highest BCUT2D eigenvalue weighted by Crippen LogP contribution is 2.24. The molecule has 3 N–H and O–H groups in total. The number of hydrogen-bond donors (Lipinski definition) is 3. The van der Waals surface area contributed by atoms with Crippen molar-refractivity contribution in [1.82, 2.24) is 15.5 Å². The van der Waals surface area contributed by atoms with Crippen LogP contribution >= 0.6 is 0 Å². The van der Waals surface area contributed by atoms with Gasteiger partial charge in [0.2, 0.25) is 11.8 Å². The van der Waals surface area contributed by atoms with Crippen LogP contribution in [0, 0.1) is 11.7 Å². The first-order chi connectivity index (χ1) is 12.3. The first-order valence-electron chi connectivity index (χ1n) is 8.77. The van der Waals surface area contributed by atoms with Gasteiger partial charge in [-0.05, 0) is 37.0 Å². The van der Waals surface area contributed by atoms with Gasteiger partial charge < -0.3 is 20.9 Å². The number of carbonyl (C=O) groups excluding carboxylic acids is 3. The Balaban J connectivity index is 1.59. The summed E-state index contributed by atoms with van der Waals surface area (Å²) >= 11 is 0. The molecule has 2 aliphatic heterocycles. The van der Waals surface area contributed by atoms with Crippen LogP contribution in [0.3, 0.4) is 0 Å². The van der Waals surface area contributed by atoms with E-state index in [1.165, 1.54) is 18.2 Å². The van der Waals surface area contributed by atoms with Crippen LogP contribution in [0.2, 0.25) is 0 Å². The molecule has 140 valence electrons. The zero-order chi connectivity index (χ0) is 18.8. The average molecular weight is 362 g/mol. The summed E-state index contributed by atoms with van der Waals surface area (Å²) in [5, 5.41) is 8.10. The van der Waals surface area contributed by atoms with E-state index in [0.29, 0.717) is 25.1 Å². The van der Waals surface area contributed by atoms with E-state index in [2.05, 4.69) is 16.0 Å². The predicted octanol–water partition coefficient (Wildman–Crippen LogP) is 1.46. The number of nitrogens with zero attached hydrogens (tertiary/aromatic N) is 1. The van der Waals surface area contributed by atoms with Gasteiger partial charge >= 0.3 is 6.03 Å². The molecular weight excluding hydrogens is 339 g/mol. The van der Waals surface area contributed by atoms with Crippen molar-refractivity contribution in [3.05, 3.63) is 30.1 Å². The lowest BCUT2D eigenvalue weighted by Gasteiger charge is -2.35. The molecule has 7 nitrogen and oxygen atoms in total. The summed E-state index contributed by atoms with van der Waals surface area (Å²) in [6, 6.07) is 3.70. The standard InChI is InChI=1S/C18H23FN4O3/c1-10(2)6-14-17(25)23-9-13(8-15(23)16(24)22-14)21-18(26)20-12-5-3-4-11(19)7-12/h3-5,7,10,13-15H,6,8-9H2,1-2H3,(H,22,24)(H2,20,21,26)/t13-,14+,15-/m0/s1. The summed E-state index contributed by atoms with van der Waals surface area (Å²) in [4.78, 5) is 38.6. The van der Waals surface area contributed by atoms with E-state index in [0.717, 1.165) is 0 Å².